The zero-order chi connectivity index (χ0) is 21.2. The molecule has 4 saturated heterocycles. The minimum Gasteiger partial charge on any atom is -0.378 e. The van der Waals surface area contributed by atoms with Crippen LogP contribution in [0.4, 0.5) is 5.69 Å². The highest BCUT2D eigenvalue weighted by atomic mass is 16.5. The van der Waals surface area contributed by atoms with Crippen LogP contribution in [0, 0.1) is 17.8 Å². The summed E-state index contributed by atoms with van der Waals surface area (Å²) in [6, 6.07) is 8.17. The Kier molecular flexibility index (Phi) is 6.17. The number of hydrogen-bond donors (Lipinski definition) is 0. The maximum atomic E-state index is 13.1. The molecular formula is C25H35N3O3. The van der Waals surface area contributed by atoms with Crippen LogP contribution in [0.5, 0.6) is 0 Å². The molecule has 6 rings (SSSR count). The maximum absolute atomic E-state index is 13.1. The van der Waals surface area contributed by atoms with Crippen molar-refractivity contribution in [1.82, 2.24) is 9.80 Å². The van der Waals surface area contributed by atoms with E-state index in [0.29, 0.717) is 37.4 Å². The molecule has 6 nitrogen and oxygen atoms in total. The molecule has 0 radical (unpaired) electrons. The first-order valence-electron chi connectivity index (χ1n) is 12.2. The number of amides is 2. The van der Waals surface area contributed by atoms with Crippen LogP contribution < -0.4 is 4.90 Å². The number of benzene rings is 1. The van der Waals surface area contributed by atoms with E-state index in [0.717, 1.165) is 56.9 Å². The Morgan fingerprint density at radius 2 is 1.45 bits per heavy atom. The van der Waals surface area contributed by atoms with E-state index in [9.17, 15) is 9.59 Å². The second-order valence-corrected chi connectivity index (χ2v) is 9.94. The zero-order valence-electron chi connectivity index (χ0n) is 18.5. The number of hydrogen-bond acceptors (Lipinski definition) is 4. The molecule has 1 aliphatic carbocycles. The van der Waals surface area contributed by atoms with Gasteiger partial charge in [0.2, 0.25) is 5.91 Å². The molecule has 6 heteroatoms. The monoisotopic (exact) mass is 425 g/mol. The van der Waals surface area contributed by atoms with Crippen molar-refractivity contribution >= 4 is 17.5 Å². The van der Waals surface area contributed by atoms with Crippen LogP contribution >= 0.6 is 0 Å². The van der Waals surface area contributed by atoms with Crippen molar-refractivity contribution in [2.24, 2.45) is 17.8 Å². The predicted octanol–water partition coefficient (Wildman–Crippen LogP) is 3.02. The first-order valence-corrected chi connectivity index (χ1v) is 12.2. The quantitative estimate of drug-likeness (QED) is 0.744. The van der Waals surface area contributed by atoms with Crippen molar-refractivity contribution in [1.29, 1.82) is 0 Å². The number of fused-ring (bicyclic) bond motifs is 4. The van der Waals surface area contributed by atoms with E-state index < -0.39 is 0 Å². The van der Waals surface area contributed by atoms with Gasteiger partial charge in [-0.05, 0) is 74.1 Å². The van der Waals surface area contributed by atoms with Crippen LogP contribution in [0.15, 0.2) is 24.3 Å². The zero-order valence-corrected chi connectivity index (χ0v) is 18.5. The molecule has 5 fully saturated rings. The van der Waals surface area contributed by atoms with Gasteiger partial charge in [0.1, 0.15) is 0 Å². The van der Waals surface area contributed by atoms with E-state index in [-0.39, 0.29) is 11.8 Å². The first kappa shape index (κ1) is 20.8. The Labute approximate surface area is 185 Å². The third kappa shape index (κ3) is 4.74. The fraction of sp³-hybridized carbons (Fsp3) is 0.680. The molecule has 168 valence electrons. The van der Waals surface area contributed by atoms with E-state index in [4.69, 9.17) is 4.74 Å². The molecule has 31 heavy (non-hydrogen) atoms. The van der Waals surface area contributed by atoms with Crippen molar-refractivity contribution in [2.75, 3.05) is 57.4 Å². The summed E-state index contributed by atoms with van der Waals surface area (Å²) < 4.78 is 5.35. The molecule has 2 bridgehead atoms. The molecule has 0 aromatic heterocycles. The highest BCUT2D eigenvalue weighted by molar-refractivity contribution is 5.94. The van der Waals surface area contributed by atoms with Crippen molar-refractivity contribution in [3.05, 3.63) is 29.8 Å². The molecule has 0 spiro atoms. The van der Waals surface area contributed by atoms with Gasteiger partial charge < -0.3 is 19.4 Å². The normalized spacial score (nSPS) is 28.6. The Morgan fingerprint density at radius 1 is 0.806 bits per heavy atom. The number of anilines is 1. The lowest BCUT2D eigenvalue weighted by Crippen LogP contribution is -2.41. The molecular weight excluding hydrogens is 390 g/mol. The molecule has 1 aromatic rings. The molecule has 4 aliphatic heterocycles. The number of morpholine rings is 1. The van der Waals surface area contributed by atoms with Crippen LogP contribution in [0.3, 0.4) is 0 Å². The second-order valence-electron chi connectivity index (χ2n) is 9.94. The molecule has 4 heterocycles. The Balaban J connectivity index is 1.16. The van der Waals surface area contributed by atoms with Crippen molar-refractivity contribution < 1.29 is 14.3 Å². The van der Waals surface area contributed by atoms with Crippen LogP contribution in [0.2, 0.25) is 0 Å². The topological polar surface area (TPSA) is 53.1 Å². The van der Waals surface area contributed by atoms with Crippen LogP contribution in [0.1, 0.15) is 48.9 Å². The molecule has 1 atom stereocenters. The molecule has 2 amide bonds. The maximum Gasteiger partial charge on any atom is 0.253 e. The standard InChI is InChI=1S/C25H35N3O3/c29-24(26-11-13-31-14-12-26)15-21-9-10-27(18-21)23-7-5-22(6-8-23)25(30)28-16-19-1-2-20(17-28)4-3-19/h5-8,19-21H,1-4,9-18H2/t19?,20?,21-/m0/s1. The number of carbonyl (C=O) groups excluding carboxylic acids is 2. The first-order chi connectivity index (χ1) is 15.2. The van der Waals surface area contributed by atoms with Gasteiger partial charge >= 0.3 is 0 Å². The molecule has 5 aliphatic rings. The predicted molar refractivity (Wildman–Crippen MR) is 120 cm³/mol. The average Bonchev–Trinajstić information content (AvgIpc) is 3.06. The third-order valence-corrected chi connectivity index (χ3v) is 7.80. The van der Waals surface area contributed by atoms with Gasteiger partial charge in [-0.1, -0.05) is 0 Å². The number of ether oxygens (including phenoxy) is 1. The fourth-order valence-electron chi connectivity index (χ4n) is 5.88. The SMILES string of the molecule is O=C(C[C@@H]1CCN(c2ccc(C(=O)N3CC4CCC(CC4)C3)cc2)C1)N1CCOCC1. The molecule has 1 aromatic carbocycles. The van der Waals surface area contributed by atoms with E-state index in [1.54, 1.807) is 0 Å². The fourth-order valence-corrected chi connectivity index (χ4v) is 5.88. The molecule has 0 N–H and O–H groups in total. The number of rotatable bonds is 4. The van der Waals surface area contributed by atoms with E-state index >= 15 is 0 Å². The van der Waals surface area contributed by atoms with E-state index in [1.165, 1.54) is 25.7 Å². The van der Waals surface area contributed by atoms with Gasteiger partial charge in [-0.2, -0.15) is 0 Å². The summed E-state index contributed by atoms with van der Waals surface area (Å²) in [7, 11) is 0. The molecule has 1 saturated carbocycles. The minimum absolute atomic E-state index is 0.195. The van der Waals surface area contributed by atoms with Gasteiger partial charge in [0.05, 0.1) is 13.2 Å². The van der Waals surface area contributed by atoms with E-state index in [2.05, 4.69) is 21.9 Å². The van der Waals surface area contributed by atoms with Crippen molar-refractivity contribution in [3.63, 3.8) is 0 Å². The van der Waals surface area contributed by atoms with Crippen molar-refractivity contribution in [2.45, 2.75) is 38.5 Å². The summed E-state index contributed by atoms with van der Waals surface area (Å²) in [6.45, 7) is 6.53. The minimum atomic E-state index is 0.195. The van der Waals surface area contributed by atoms with Crippen molar-refractivity contribution in [3.8, 4) is 0 Å². The van der Waals surface area contributed by atoms with Gasteiger partial charge in [0.25, 0.3) is 5.91 Å². The lowest BCUT2D eigenvalue weighted by Gasteiger charge is -2.28. The summed E-state index contributed by atoms with van der Waals surface area (Å²) in [5.41, 5.74) is 1.97. The highest BCUT2D eigenvalue weighted by Gasteiger charge is 2.32. The summed E-state index contributed by atoms with van der Waals surface area (Å²) >= 11 is 0. The summed E-state index contributed by atoms with van der Waals surface area (Å²) in [5, 5.41) is 0. The molecule has 0 unspecified atom stereocenters. The van der Waals surface area contributed by atoms with Gasteiger partial charge in [0.15, 0.2) is 0 Å². The summed E-state index contributed by atoms with van der Waals surface area (Å²) in [4.78, 5) is 32.1. The lowest BCUT2D eigenvalue weighted by molar-refractivity contribution is -0.136. The number of nitrogens with zero attached hydrogens (tertiary/aromatic N) is 3. The van der Waals surface area contributed by atoms with Crippen LogP contribution in [0.25, 0.3) is 0 Å². The Morgan fingerprint density at radius 3 is 2.10 bits per heavy atom. The Bertz CT molecular complexity index is 768. The van der Waals surface area contributed by atoms with Gasteiger partial charge in [-0.15, -0.1) is 0 Å². The average molecular weight is 426 g/mol. The largest absolute Gasteiger partial charge is 0.378 e. The summed E-state index contributed by atoms with van der Waals surface area (Å²) in [5.74, 6) is 2.26. The smallest absolute Gasteiger partial charge is 0.253 e. The van der Waals surface area contributed by atoms with Crippen LogP contribution in [-0.4, -0.2) is 74.1 Å². The third-order valence-electron chi connectivity index (χ3n) is 7.80. The number of carbonyl (C=O) groups is 2. The van der Waals surface area contributed by atoms with Gasteiger partial charge in [-0.25, -0.2) is 0 Å². The van der Waals surface area contributed by atoms with E-state index in [1.807, 2.05) is 17.0 Å². The Hall–Kier alpha value is -2.08. The highest BCUT2D eigenvalue weighted by Crippen LogP contribution is 2.34. The lowest BCUT2D eigenvalue weighted by atomic mass is 9.84. The van der Waals surface area contributed by atoms with Gasteiger partial charge in [-0.3, -0.25) is 9.59 Å². The second kappa shape index (κ2) is 9.19. The van der Waals surface area contributed by atoms with Gasteiger partial charge in [0, 0.05) is 56.9 Å². The van der Waals surface area contributed by atoms with Crippen LogP contribution in [-0.2, 0) is 9.53 Å². The summed E-state index contributed by atoms with van der Waals surface area (Å²) in [6.07, 6.45) is 6.84.